The van der Waals surface area contributed by atoms with Crippen LogP contribution in [0.4, 0.5) is 5.13 Å². The summed E-state index contributed by atoms with van der Waals surface area (Å²) in [5.41, 5.74) is 1.82. The van der Waals surface area contributed by atoms with Gasteiger partial charge in [0.25, 0.3) is 5.91 Å². The first kappa shape index (κ1) is 19.6. The molecule has 0 N–H and O–H groups in total. The lowest BCUT2D eigenvalue weighted by atomic mass is 9.99. The summed E-state index contributed by atoms with van der Waals surface area (Å²) in [6.45, 7) is 8.88. The fourth-order valence-corrected chi connectivity index (χ4v) is 5.15. The van der Waals surface area contributed by atoms with Crippen LogP contribution in [0.3, 0.4) is 0 Å². The van der Waals surface area contributed by atoms with Gasteiger partial charge in [-0.05, 0) is 50.0 Å². The molecule has 0 saturated carbocycles. The predicted molar refractivity (Wildman–Crippen MR) is 116 cm³/mol. The molecule has 0 atom stereocenters. The molecule has 8 heteroatoms. The average Bonchev–Trinajstić information content (AvgIpc) is 3.44. The molecule has 1 aromatic carbocycles. The van der Waals surface area contributed by atoms with Crippen LogP contribution in [-0.4, -0.2) is 66.8 Å². The van der Waals surface area contributed by atoms with Crippen LogP contribution in [0.25, 0.3) is 0 Å². The second-order valence-corrected chi connectivity index (χ2v) is 9.26. The zero-order chi connectivity index (χ0) is 20.5. The van der Waals surface area contributed by atoms with Crippen molar-refractivity contribution >= 4 is 22.4 Å². The average molecular weight is 429 g/mol. The molecule has 0 unspecified atom stereocenters. The number of amides is 1. The number of piperidine rings is 1. The van der Waals surface area contributed by atoms with E-state index in [1.807, 2.05) is 17.0 Å². The fraction of sp³-hybridized carbons (Fsp3) is 0.545. The number of likely N-dealkylation sites (tertiary alicyclic amines) is 1. The molecule has 1 aromatic heterocycles. The van der Waals surface area contributed by atoms with Gasteiger partial charge in [0.2, 0.25) is 6.79 Å². The molecule has 2 aromatic rings. The van der Waals surface area contributed by atoms with Gasteiger partial charge < -0.3 is 19.3 Å². The number of rotatable bonds is 4. The van der Waals surface area contributed by atoms with Gasteiger partial charge in [0.1, 0.15) is 0 Å². The number of piperazine rings is 1. The van der Waals surface area contributed by atoms with Crippen molar-refractivity contribution in [1.82, 2.24) is 14.8 Å². The Labute approximate surface area is 181 Å². The summed E-state index contributed by atoms with van der Waals surface area (Å²) in [4.78, 5) is 24.5. The molecule has 4 heterocycles. The van der Waals surface area contributed by atoms with Crippen molar-refractivity contribution < 1.29 is 14.3 Å². The first-order chi connectivity index (χ1) is 14.7. The topological polar surface area (TPSA) is 58.1 Å². The van der Waals surface area contributed by atoms with Crippen molar-refractivity contribution in [3.05, 3.63) is 34.8 Å². The van der Waals surface area contributed by atoms with Gasteiger partial charge in [-0.2, -0.15) is 0 Å². The summed E-state index contributed by atoms with van der Waals surface area (Å²) in [5.74, 6) is 2.25. The Morgan fingerprint density at radius 1 is 1.10 bits per heavy atom. The van der Waals surface area contributed by atoms with Crippen LogP contribution < -0.4 is 14.4 Å². The minimum absolute atomic E-state index is 0.0482. The number of nitrogens with zero attached hydrogens (tertiary/aromatic N) is 4. The monoisotopic (exact) mass is 428 g/mol. The highest BCUT2D eigenvalue weighted by atomic mass is 32.1. The number of hydrogen-bond donors (Lipinski definition) is 0. The normalized spacial score (nSPS) is 20.0. The van der Waals surface area contributed by atoms with Crippen LogP contribution in [0, 0.1) is 5.92 Å². The maximum atomic E-state index is 12.9. The van der Waals surface area contributed by atoms with Gasteiger partial charge in [0, 0.05) is 43.7 Å². The second-order valence-electron chi connectivity index (χ2n) is 8.43. The van der Waals surface area contributed by atoms with Crippen molar-refractivity contribution in [2.45, 2.75) is 26.3 Å². The van der Waals surface area contributed by atoms with Gasteiger partial charge in [-0.3, -0.25) is 9.69 Å². The minimum Gasteiger partial charge on any atom is -0.454 e. The SMILES string of the molecule is CC1CCN(Cc2csc(N3CCN(C(=O)c4ccc5c(c4)OCO5)CC3)n2)CC1. The number of fused-ring (bicyclic) bond motifs is 1. The molecule has 160 valence electrons. The van der Waals surface area contributed by atoms with Crippen LogP contribution >= 0.6 is 11.3 Å². The van der Waals surface area contributed by atoms with Crippen LogP contribution in [0.15, 0.2) is 23.6 Å². The van der Waals surface area contributed by atoms with Gasteiger partial charge in [-0.25, -0.2) is 4.98 Å². The first-order valence-electron chi connectivity index (χ1n) is 10.8. The molecule has 0 radical (unpaired) electrons. The summed E-state index contributed by atoms with van der Waals surface area (Å²) in [6, 6.07) is 5.41. The lowest BCUT2D eigenvalue weighted by Gasteiger charge is -2.34. The highest BCUT2D eigenvalue weighted by Crippen LogP contribution is 2.33. The van der Waals surface area contributed by atoms with E-state index in [0.717, 1.165) is 30.7 Å². The van der Waals surface area contributed by atoms with E-state index in [2.05, 4.69) is 22.1 Å². The Bertz CT molecular complexity index is 902. The molecule has 0 aliphatic carbocycles. The molecular weight excluding hydrogens is 400 g/mol. The third-order valence-electron chi connectivity index (χ3n) is 6.26. The maximum absolute atomic E-state index is 12.9. The number of thiazole rings is 1. The molecule has 30 heavy (non-hydrogen) atoms. The highest BCUT2D eigenvalue weighted by molar-refractivity contribution is 7.13. The van der Waals surface area contributed by atoms with Crippen molar-refractivity contribution in [3.8, 4) is 11.5 Å². The zero-order valence-electron chi connectivity index (χ0n) is 17.4. The number of carbonyl (C=O) groups excluding carboxylic acids is 1. The fourth-order valence-electron chi connectivity index (χ4n) is 4.28. The number of hydrogen-bond acceptors (Lipinski definition) is 7. The summed E-state index contributed by atoms with van der Waals surface area (Å²) in [6.07, 6.45) is 2.58. The molecular formula is C22H28N4O3S. The van der Waals surface area contributed by atoms with Gasteiger partial charge in [-0.15, -0.1) is 11.3 Å². The summed E-state index contributed by atoms with van der Waals surface area (Å²) >= 11 is 1.72. The third kappa shape index (κ3) is 4.11. The summed E-state index contributed by atoms with van der Waals surface area (Å²) in [7, 11) is 0. The van der Waals surface area contributed by atoms with Crippen LogP contribution in [0.5, 0.6) is 11.5 Å². The first-order valence-corrected chi connectivity index (χ1v) is 11.6. The molecule has 2 saturated heterocycles. The molecule has 5 rings (SSSR count). The Balaban J connectivity index is 1.15. The van der Waals surface area contributed by atoms with Crippen LogP contribution in [0.1, 0.15) is 35.8 Å². The van der Waals surface area contributed by atoms with Gasteiger partial charge >= 0.3 is 0 Å². The summed E-state index contributed by atoms with van der Waals surface area (Å²) in [5, 5.41) is 3.27. The second kappa shape index (κ2) is 8.43. The molecule has 1 amide bonds. The van der Waals surface area contributed by atoms with Gasteiger partial charge in [-0.1, -0.05) is 6.92 Å². The van der Waals surface area contributed by atoms with Gasteiger partial charge in [0.15, 0.2) is 16.6 Å². The zero-order valence-corrected chi connectivity index (χ0v) is 18.2. The molecule has 2 fully saturated rings. The van der Waals surface area contributed by atoms with Crippen LogP contribution in [0.2, 0.25) is 0 Å². The molecule has 0 spiro atoms. The van der Waals surface area contributed by atoms with E-state index in [1.54, 1.807) is 17.4 Å². The lowest BCUT2D eigenvalue weighted by Crippen LogP contribution is -2.48. The summed E-state index contributed by atoms with van der Waals surface area (Å²) < 4.78 is 10.7. The number of carbonyl (C=O) groups is 1. The van der Waals surface area contributed by atoms with E-state index in [4.69, 9.17) is 14.5 Å². The van der Waals surface area contributed by atoms with E-state index >= 15 is 0 Å². The van der Waals surface area contributed by atoms with E-state index in [1.165, 1.54) is 31.6 Å². The molecule has 3 aliphatic heterocycles. The Kier molecular flexibility index (Phi) is 5.52. The number of aromatic nitrogens is 1. The quantitative estimate of drug-likeness (QED) is 0.746. The van der Waals surface area contributed by atoms with Crippen LogP contribution in [-0.2, 0) is 6.54 Å². The molecule has 7 nitrogen and oxygen atoms in total. The smallest absolute Gasteiger partial charge is 0.254 e. The Hall–Kier alpha value is -2.32. The minimum atomic E-state index is 0.0482. The lowest BCUT2D eigenvalue weighted by molar-refractivity contribution is 0.0746. The molecule has 0 bridgehead atoms. The predicted octanol–water partition coefficient (Wildman–Crippen LogP) is 3.07. The van der Waals surface area contributed by atoms with E-state index in [9.17, 15) is 4.79 Å². The van der Waals surface area contributed by atoms with Gasteiger partial charge in [0.05, 0.1) is 5.69 Å². The Morgan fingerprint density at radius 3 is 2.67 bits per heavy atom. The number of ether oxygens (including phenoxy) is 2. The maximum Gasteiger partial charge on any atom is 0.254 e. The van der Waals surface area contributed by atoms with E-state index in [-0.39, 0.29) is 12.7 Å². The highest BCUT2D eigenvalue weighted by Gasteiger charge is 2.25. The van der Waals surface area contributed by atoms with Crippen molar-refractivity contribution in [1.29, 1.82) is 0 Å². The largest absolute Gasteiger partial charge is 0.454 e. The standard InChI is InChI=1S/C22H28N4O3S/c1-16-4-6-24(7-5-16)13-18-14-30-22(23-18)26-10-8-25(9-11-26)21(27)17-2-3-19-20(12-17)29-15-28-19/h2-3,12,14,16H,4-11,13,15H2,1H3. The molecule has 3 aliphatic rings. The number of anilines is 1. The third-order valence-corrected chi connectivity index (χ3v) is 7.21. The van der Waals surface area contributed by atoms with E-state index in [0.29, 0.717) is 30.2 Å². The Morgan fingerprint density at radius 2 is 1.87 bits per heavy atom. The van der Waals surface area contributed by atoms with E-state index < -0.39 is 0 Å². The van der Waals surface area contributed by atoms with Crippen molar-refractivity contribution in [3.63, 3.8) is 0 Å². The van der Waals surface area contributed by atoms with Crippen molar-refractivity contribution in [2.75, 3.05) is 51.0 Å². The number of benzene rings is 1. The van der Waals surface area contributed by atoms with Crippen molar-refractivity contribution in [2.24, 2.45) is 5.92 Å².